The molecule has 1 heterocycles. The van der Waals surface area contributed by atoms with Crippen LogP contribution in [0.25, 0.3) is 0 Å². The topological polar surface area (TPSA) is 152 Å². The molecular formula is C47H84O10. The molecule has 0 amide bonds. The minimum Gasteiger partial charge on any atom is -0.462 e. The van der Waals surface area contributed by atoms with Crippen LogP contribution in [0, 0.1) is 0 Å². The minimum absolute atomic E-state index is 0.212. The van der Waals surface area contributed by atoms with Gasteiger partial charge in [-0.3, -0.25) is 9.59 Å². The highest BCUT2D eigenvalue weighted by Gasteiger charge is 2.44. The summed E-state index contributed by atoms with van der Waals surface area (Å²) < 4.78 is 22.1. The van der Waals surface area contributed by atoms with Crippen LogP contribution < -0.4 is 0 Å². The highest BCUT2D eigenvalue weighted by Crippen LogP contribution is 2.22. The van der Waals surface area contributed by atoms with Crippen molar-refractivity contribution >= 4 is 11.9 Å². The molecule has 0 spiro atoms. The molecule has 1 saturated heterocycles. The van der Waals surface area contributed by atoms with E-state index in [4.69, 9.17) is 18.9 Å². The van der Waals surface area contributed by atoms with Gasteiger partial charge in [-0.2, -0.15) is 0 Å². The fraction of sp³-hybridized carbons (Fsp3) is 0.830. The van der Waals surface area contributed by atoms with Gasteiger partial charge in [0, 0.05) is 12.8 Å². The van der Waals surface area contributed by atoms with Crippen LogP contribution in [-0.4, -0.2) is 89.0 Å². The summed E-state index contributed by atoms with van der Waals surface area (Å²) in [6.07, 6.45) is 35.8. The Kier molecular flexibility index (Phi) is 35.4. The third kappa shape index (κ3) is 29.7. The highest BCUT2D eigenvalue weighted by molar-refractivity contribution is 5.70. The number of esters is 2. The van der Waals surface area contributed by atoms with Gasteiger partial charge in [0.15, 0.2) is 12.4 Å². The first-order valence-electron chi connectivity index (χ1n) is 23.1. The van der Waals surface area contributed by atoms with Crippen molar-refractivity contribution in [1.29, 1.82) is 0 Å². The molecule has 0 bridgehead atoms. The van der Waals surface area contributed by atoms with Gasteiger partial charge in [-0.05, 0) is 57.8 Å². The third-order valence-electron chi connectivity index (χ3n) is 10.5. The van der Waals surface area contributed by atoms with Crippen LogP contribution in [0.1, 0.15) is 194 Å². The van der Waals surface area contributed by atoms with E-state index in [1.54, 1.807) is 0 Å². The average molecular weight is 809 g/mol. The molecule has 6 atom stereocenters. The first-order valence-corrected chi connectivity index (χ1v) is 23.1. The van der Waals surface area contributed by atoms with E-state index in [0.29, 0.717) is 12.8 Å². The summed E-state index contributed by atoms with van der Waals surface area (Å²) in [6.45, 7) is 3.36. The number of unbranched alkanes of at least 4 members (excludes halogenated alkanes) is 21. The summed E-state index contributed by atoms with van der Waals surface area (Å²) in [5, 5.41) is 40.1. The second-order valence-electron chi connectivity index (χ2n) is 15.8. The molecule has 0 aromatic heterocycles. The Balaban J connectivity index is 2.35. The number of allylic oxidation sites excluding steroid dienone is 6. The molecular weight excluding hydrogens is 725 g/mol. The smallest absolute Gasteiger partial charge is 0.306 e. The zero-order valence-electron chi connectivity index (χ0n) is 36.1. The van der Waals surface area contributed by atoms with E-state index < -0.39 is 55.4 Å². The minimum atomic E-state index is -1.60. The Morgan fingerprint density at radius 1 is 0.544 bits per heavy atom. The third-order valence-corrected chi connectivity index (χ3v) is 10.5. The van der Waals surface area contributed by atoms with Gasteiger partial charge in [-0.1, -0.05) is 159 Å². The predicted octanol–water partition coefficient (Wildman–Crippen LogP) is 9.89. The monoisotopic (exact) mass is 809 g/mol. The summed E-state index contributed by atoms with van der Waals surface area (Å²) in [5.74, 6) is -0.859. The van der Waals surface area contributed by atoms with Gasteiger partial charge in [0.05, 0.1) is 13.2 Å². The summed E-state index contributed by atoms with van der Waals surface area (Å²) in [7, 11) is 0. The van der Waals surface area contributed by atoms with Gasteiger partial charge in [0.25, 0.3) is 0 Å². The van der Waals surface area contributed by atoms with E-state index in [9.17, 15) is 30.0 Å². The molecule has 1 aliphatic rings. The van der Waals surface area contributed by atoms with Crippen molar-refractivity contribution in [2.45, 2.75) is 230 Å². The van der Waals surface area contributed by atoms with Gasteiger partial charge >= 0.3 is 11.9 Å². The van der Waals surface area contributed by atoms with E-state index in [0.717, 1.165) is 38.5 Å². The van der Waals surface area contributed by atoms with E-state index in [-0.39, 0.29) is 26.1 Å². The predicted molar refractivity (Wildman–Crippen MR) is 229 cm³/mol. The fourth-order valence-corrected chi connectivity index (χ4v) is 6.80. The van der Waals surface area contributed by atoms with E-state index >= 15 is 0 Å². The van der Waals surface area contributed by atoms with Crippen LogP contribution in [0.2, 0.25) is 0 Å². The number of ether oxygens (including phenoxy) is 4. The first kappa shape index (κ1) is 52.9. The number of hydrogen-bond donors (Lipinski definition) is 4. The normalized spacial score (nSPS) is 20.6. The van der Waals surface area contributed by atoms with Crippen LogP contribution in [0.4, 0.5) is 0 Å². The molecule has 1 fully saturated rings. The summed E-state index contributed by atoms with van der Waals surface area (Å²) in [6, 6.07) is 0. The molecule has 10 heteroatoms. The Bertz CT molecular complexity index is 1030. The van der Waals surface area contributed by atoms with Gasteiger partial charge in [-0.25, -0.2) is 0 Å². The van der Waals surface area contributed by atoms with Crippen molar-refractivity contribution in [3.8, 4) is 0 Å². The van der Waals surface area contributed by atoms with Crippen LogP contribution in [0.15, 0.2) is 36.5 Å². The number of carbonyl (C=O) groups is 2. The average Bonchev–Trinajstić information content (AvgIpc) is 3.21. The molecule has 1 rings (SSSR count). The van der Waals surface area contributed by atoms with Gasteiger partial charge < -0.3 is 39.4 Å². The van der Waals surface area contributed by atoms with Crippen LogP contribution in [0.3, 0.4) is 0 Å². The SMILES string of the molecule is CCCC/C=C/CCCCCCCCCCCC(=O)O[C@@H](COC(=O)CCC/C=C/C/C=C/CCCCCCCCCCC)CO[C@H]1O[C@@H](CO)[C@@H](O)C(O)C1O. The second-order valence-corrected chi connectivity index (χ2v) is 15.8. The van der Waals surface area contributed by atoms with Crippen molar-refractivity contribution in [2.24, 2.45) is 0 Å². The molecule has 332 valence electrons. The number of carbonyl (C=O) groups excluding carboxylic acids is 2. The van der Waals surface area contributed by atoms with E-state index in [1.807, 2.05) is 0 Å². The van der Waals surface area contributed by atoms with Crippen molar-refractivity contribution in [3.05, 3.63) is 36.5 Å². The van der Waals surface area contributed by atoms with Crippen molar-refractivity contribution in [1.82, 2.24) is 0 Å². The fourth-order valence-electron chi connectivity index (χ4n) is 6.80. The van der Waals surface area contributed by atoms with Crippen LogP contribution >= 0.6 is 0 Å². The zero-order valence-corrected chi connectivity index (χ0v) is 36.1. The molecule has 0 radical (unpaired) electrons. The molecule has 4 N–H and O–H groups in total. The zero-order chi connectivity index (χ0) is 41.6. The van der Waals surface area contributed by atoms with Crippen LogP contribution in [-0.2, 0) is 28.5 Å². The van der Waals surface area contributed by atoms with Gasteiger partial charge in [-0.15, -0.1) is 0 Å². The Morgan fingerprint density at radius 2 is 1.02 bits per heavy atom. The molecule has 2 unspecified atom stereocenters. The lowest BCUT2D eigenvalue weighted by Gasteiger charge is -2.39. The number of rotatable bonds is 38. The quantitative estimate of drug-likeness (QED) is 0.0270. The van der Waals surface area contributed by atoms with E-state index in [2.05, 4.69) is 50.3 Å². The molecule has 0 aromatic carbocycles. The number of aliphatic hydroxyl groups excluding tert-OH is 4. The van der Waals surface area contributed by atoms with Crippen molar-refractivity contribution in [2.75, 3.05) is 19.8 Å². The Labute approximate surface area is 346 Å². The maximum atomic E-state index is 12.8. The molecule has 10 nitrogen and oxygen atoms in total. The number of hydrogen-bond acceptors (Lipinski definition) is 10. The van der Waals surface area contributed by atoms with Crippen molar-refractivity contribution < 1.29 is 49.0 Å². The lowest BCUT2D eigenvalue weighted by atomic mass is 9.99. The maximum absolute atomic E-state index is 12.8. The molecule has 0 aliphatic carbocycles. The Morgan fingerprint density at radius 3 is 1.58 bits per heavy atom. The molecule has 0 saturated carbocycles. The maximum Gasteiger partial charge on any atom is 0.306 e. The molecule has 1 aliphatic heterocycles. The largest absolute Gasteiger partial charge is 0.462 e. The van der Waals surface area contributed by atoms with Crippen molar-refractivity contribution in [3.63, 3.8) is 0 Å². The van der Waals surface area contributed by atoms with Gasteiger partial charge in [0.1, 0.15) is 31.0 Å². The molecule has 57 heavy (non-hydrogen) atoms. The summed E-state index contributed by atoms with van der Waals surface area (Å²) in [4.78, 5) is 25.3. The molecule has 0 aromatic rings. The lowest BCUT2D eigenvalue weighted by molar-refractivity contribution is -0.305. The second kappa shape index (κ2) is 38.1. The first-order chi connectivity index (χ1) is 27.8. The van der Waals surface area contributed by atoms with Crippen LogP contribution in [0.5, 0.6) is 0 Å². The lowest BCUT2D eigenvalue weighted by Crippen LogP contribution is -2.59. The van der Waals surface area contributed by atoms with Gasteiger partial charge in [0.2, 0.25) is 0 Å². The Hall–Kier alpha value is -2.08. The number of aliphatic hydroxyl groups is 4. The summed E-state index contributed by atoms with van der Waals surface area (Å²) in [5.41, 5.74) is 0. The summed E-state index contributed by atoms with van der Waals surface area (Å²) >= 11 is 0. The van der Waals surface area contributed by atoms with E-state index in [1.165, 1.54) is 116 Å². The standard InChI is InChI=1S/C47H84O10/c1-3-5-7-9-11-13-15-17-19-20-22-23-25-27-29-31-33-35-42(49)54-38-40(39-55-47-46(53)45(52)44(51)41(37-48)57-47)56-43(50)36-34-32-30-28-26-24-21-18-16-14-12-10-8-6-4-2/h10,12,22-23,27,29,40-41,44-48,51-53H,3-9,11,13-21,24-26,28,30-39H2,1-2H3/b12-10+,23-22+,29-27+/t40-,41-,44+,45?,46?,47-/m0/s1. The highest BCUT2D eigenvalue weighted by atomic mass is 16.7.